The van der Waals surface area contributed by atoms with Gasteiger partial charge in [-0.2, -0.15) is 0 Å². The van der Waals surface area contributed by atoms with E-state index in [0.29, 0.717) is 6.54 Å². The first-order valence-electron chi connectivity index (χ1n) is 3.13. The molecule has 0 bridgehead atoms. The van der Waals surface area contributed by atoms with Gasteiger partial charge in [0.2, 0.25) is 0 Å². The fourth-order valence-electron chi connectivity index (χ4n) is 0.747. The predicted molar refractivity (Wildman–Crippen MR) is 40.5 cm³/mol. The van der Waals surface area contributed by atoms with Gasteiger partial charge in [0.25, 0.3) is 0 Å². The Balaban J connectivity index is 3.04. The number of allylic oxidation sites excluding steroid dienone is 1. The Morgan fingerprint density at radius 2 is 2.27 bits per heavy atom. The highest BCUT2D eigenvalue weighted by molar-refractivity contribution is 4.87. The zero-order valence-electron chi connectivity index (χ0n) is 6.18. The topological polar surface area (TPSA) is 70.7 Å². The second-order valence-corrected chi connectivity index (χ2v) is 2.41. The molecule has 5 nitrogen and oxygen atoms in total. The first-order valence-corrected chi connectivity index (χ1v) is 3.13. The molecule has 1 aromatic rings. The van der Waals surface area contributed by atoms with Gasteiger partial charge in [0.1, 0.15) is 0 Å². The summed E-state index contributed by atoms with van der Waals surface area (Å²) in [6.07, 6.45) is 0. The van der Waals surface area contributed by atoms with Gasteiger partial charge in [-0.1, -0.05) is 12.2 Å². The van der Waals surface area contributed by atoms with Gasteiger partial charge in [-0.25, -0.2) is 19.4 Å². The molecule has 5 heteroatoms. The van der Waals surface area contributed by atoms with Crippen molar-refractivity contribution in [2.24, 2.45) is 0 Å². The first kappa shape index (κ1) is 7.59. The SMILES string of the molecule is C=C(C)Cn1[nH]c(=O)[nH]c1=O. The molecule has 60 valence electrons. The zero-order valence-corrected chi connectivity index (χ0v) is 6.18. The summed E-state index contributed by atoms with van der Waals surface area (Å²) < 4.78 is 1.17. The number of hydrogen-bond donors (Lipinski definition) is 2. The Morgan fingerprint density at radius 3 is 2.64 bits per heavy atom. The van der Waals surface area contributed by atoms with E-state index in [4.69, 9.17) is 0 Å². The lowest BCUT2D eigenvalue weighted by Crippen LogP contribution is -2.18. The van der Waals surface area contributed by atoms with Gasteiger partial charge in [0, 0.05) is 0 Å². The number of nitrogens with zero attached hydrogens (tertiary/aromatic N) is 1. The van der Waals surface area contributed by atoms with Crippen LogP contribution in [0, 0.1) is 0 Å². The summed E-state index contributed by atoms with van der Waals surface area (Å²) in [6.45, 7) is 5.73. The Hall–Kier alpha value is -1.52. The maximum atomic E-state index is 10.8. The lowest BCUT2D eigenvalue weighted by atomic mass is 10.4. The minimum Gasteiger partial charge on any atom is -0.257 e. The Kier molecular flexibility index (Phi) is 1.80. The van der Waals surface area contributed by atoms with Crippen molar-refractivity contribution in [3.05, 3.63) is 33.1 Å². The van der Waals surface area contributed by atoms with E-state index in [1.165, 1.54) is 4.68 Å². The van der Waals surface area contributed by atoms with Gasteiger partial charge in [-0.05, 0) is 6.92 Å². The molecule has 0 amide bonds. The lowest BCUT2D eigenvalue weighted by molar-refractivity contribution is 0.647. The summed E-state index contributed by atoms with van der Waals surface area (Å²) >= 11 is 0. The van der Waals surface area contributed by atoms with Gasteiger partial charge in [0.05, 0.1) is 6.54 Å². The van der Waals surface area contributed by atoms with E-state index in [2.05, 4.69) is 16.7 Å². The Morgan fingerprint density at radius 1 is 1.64 bits per heavy atom. The van der Waals surface area contributed by atoms with Crippen LogP contribution in [0.4, 0.5) is 0 Å². The molecule has 2 N–H and O–H groups in total. The second kappa shape index (κ2) is 2.61. The first-order chi connectivity index (χ1) is 5.09. The molecule has 0 saturated heterocycles. The molecule has 0 aliphatic heterocycles. The summed E-state index contributed by atoms with van der Waals surface area (Å²) in [4.78, 5) is 23.4. The molecule has 1 rings (SSSR count). The van der Waals surface area contributed by atoms with Crippen molar-refractivity contribution in [3.63, 3.8) is 0 Å². The molecule has 11 heavy (non-hydrogen) atoms. The number of aromatic nitrogens is 3. The number of aromatic amines is 2. The molecule has 0 saturated carbocycles. The average molecular weight is 155 g/mol. The number of hydrogen-bond acceptors (Lipinski definition) is 2. The second-order valence-electron chi connectivity index (χ2n) is 2.41. The van der Waals surface area contributed by atoms with Crippen LogP contribution in [-0.2, 0) is 6.54 Å². The number of H-pyrrole nitrogens is 2. The summed E-state index contributed by atoms with van der Waals surface area (Å²) in [7, 11) is 0. The van der Waals surface area contributed by atoms with E-state index in [-0.39, 0.29) is 0 Å². The van der Waals surface area contributed by atoms with E-state index >= 15 is 0 Å². The van der Waals surface area contributed by atoms with Crippen LogP contribution in [0.3, 0.4) is 0 Å². The maximum Gasteiger partial charge on any atom is 0.344 e. The predicted octanol–water partition coefficient (Wildman–Crippen LogP) is -0.559. The summed E-state index contributed by atoms with van der Waals surface area (Å²) in [5, 5.41) is 2.31. The monoisotopic (exact) mass is 155 g/mol. The third-order valence-corrected chi connectivity index (χ3v) is 1.13. The van der Waals surface area contributed by atoms with Crippen molar-refractivity contribution in [1.82, 2.24) is 14.8 Å². The fraction of sp³-hybridized carbons (Fsp3) is 0.333. The normalized spacial score (nSPS) is 9.91. The van der Waals surface area contributed by atoms with E-state index in [0.717, 1.165) is 5.57 Å². The highest BCUT2D eigenvalue weighted by Crippen LogP contribution is 1.86. The van der Waals surface area contributed by atoms with Crippen LogP contribution >= 0.6 is 0 Å². The van der Waals surface area contributed by atoms with E-state index in [1.807, 2.05) is 0 Å². The molecule has 0 spiro atoms. The maximum absolute atomic E-state index is 10.8. The molecule has 0 aliphatic rings. The average Bonchev–Trinajstić information content (AvgIpc) is 2.09. The molecule has 0 fully saturated rings. The molecule has 1 heterocycles. The molecule has 0 aromatic carbocycles. The smallest absolute Gasteiger partial charge is 0.257 e. The summed E-state index contributed by atoms with van der Waals surface area (Å²) in [5.41, 5.74) is -0.114. The van der Waals surface area contributed by atoms with Gasteiger partial charge in [-0.15, -0.1) is 0 Å². The molecule has 0 unspecified atom stereocenters. The fourth-order valence-corrected chi connectivity index (χ4v) is 0.747. The minimum absolute atomic E-state index is 0.345. The van der Waals surface area contributed by atoms with Gasteiger partial charge >= 0.3 is 11.4 Å². The molecule has 0 aliphatic carbocycles. The standard InChI is InChI=1S/C6H9N3O2/c1-4(2)3-9-6(11)7-5(10)8-9/h1,3H2,2H3,(H2,7,8,10,11). The van der Waals surface area contributed by atoms with Crippen molar-refractivity contribution in [2.75, 3.05) is 0 Å². The third kappa shape index (κ3) is 1.70. The van der Waals surface area contributed by atoms with Crippen LogP contribution in [-0.4, -0.2) is 14.8 Å². The largest absolute Gasteiger partial charge is 0.344 e. The van der Waals surface area contributed by atoms with Gasteiger partial charge < -0.3 is 0 Å². The molecular formula is C6H9N3O2. The summed E-state index contributed by atoms with van der Waals surface area (Å²) in [5.74, 6) is 0. The zero-order chi connectivity index (χ0) is 8.43. The van der Waals surface area contributed by atoms with E-state index < -0.39 is 11.4 Å². The van der Waals surface area contributed by atoms with E-state index in [1.54, 1.807) is 6.92 Å². The minimum atomic E-state index is -0.490. The van der Waals surface area contributed by atoms with Crippen molar-refractivity contribution < 1.29 is 0 Å². The van der Waals surface area contributed by atoms with E-state index in [9.17, 15) is 9.59 Å². The molecule has 1 aromatic heterocycles. The van der Waals surface area contributed by atoms with Gasteiger partial charge in [-0.3, -0.25) is 4.98 Å². The number of rotatable bonds is 2. The van der Waals surface area contributed by atoms with Crippen LogP contribution in [0.25, 0.3) is 0 Å². The number of nitrogens with one attached hydrogen (secondary N) is 2. The highest BCUT2D eigenvalue weighted by Gasteiger charge is 1.97. The molecular weight excluding hydrogens is 146 g/mol. The lowest BCUT2D eigenvalue weighted by Gasteiger charge is -1.96. The van der Waals surface area contributed by atoms with Crippen molar-refractivity contribution in [2.45, 2.75) is 13.5 Å². The quantitative estimate of drug-likeness (QED) is 0.562. The molecule has 0 atom stereocenters. The van der Waals surface area contributed by atoms with Crippen LogP contribution in [0.1, 0.15) is 6.92 Å². The highest BCUT2D eigenvalue weighted by atomic mass is 16.2. The van der Waals surface area contributed by atoms with Crippen LogP contribution < -0.4 is 11.4 Å². The van der Waals surface area contributed by atoms with Crippen molar-refractivity contribution >= 4 is 0 Å². The Bertz CT molecular complexity index is 368. The third-order valence-electron chi connectivity index (χ3n) is 1.13. The van der Waals surface area contributed by atoms with Crippen molar-refractivity contribution in [3.8, 4) is 0 Å². The van der Waals surface area contributed by atoms with Crippen molar-refractivity contribution in [1.29, 1.82) is 0 Å². The Labute approximate surface area is 62.4 Å². The van der Waals surface area contributed by atoms with Gasteiger partial charge in [0.15, 0.2) is 0 Å². The summed E-state index contributed by atoms with van der Waals surface area (Å²) in [6, 6.07) is 0. The van der Waals surface area contributed by atoms with Crippen LogP contribution in [0.15, 0.2) is 21.7 Å². The molecule has 0 radical (unpaired) electrons. The van der Waals surface area contributed by atoms with Crippen LogP contribution in [0.2, 0.25) is 0 Å². The van der Waals surface area contributed by atoms with Crippen LogP contribution in [0.5, 0.6) is 0 Å².